The molecule has 6 heteroatoms. The van der Waals surface area contributed by atoms with Crippen LogP contribution in [0, 0.1) is 5.41 Å². The van der Waals surface area contributed by atoms with Crippen LogP contribution >= 0.6 is 0 Å². The van der Waals surface area contributed by atoms with Gasteiger partial charge < -0.3 is 9.47 Å². The van der Waals surface area contributed by atoms with Crippen molar-refractivity contribution < 1.29 is 23.9 Å². The molecule has 0 radical (unpaired) electrons. The molecule has 1 aliphatic heterocycles. The third-order valence-electron chi connectivity index (χ3n) is 3.21. The SMILES string of the molecule is CC(C)(C)OC(=O)N1CCCC[C@H]1C(=O)OC(=O)C(C)(C)C. The lowest BCUT2D eigenvalue weighted by atomic mass is 9.97. The van der Waals surface area contributed by atoms with E-state index in [4.69, 9.17) is 9.47 Å². The molecule has 1 fully saturated rings. The van der Waals surface area contributed by atoms with Crippen LogP contribution in [0.5, 0.6) is 0 Å². The maximum atomic E-state index is 12.2. The fourth-order valence-corrected chi connectivity index (χ4v) is 2.03. The highest BCUT2D eigenvalue weighted by atomic mass is 16.6. The minimum absolute atomic E-state index is 0.429. The van der Waals surface area contributed by atoms with Crippen LogP contribution in [0.4, 0.5) is 4.79 Å². The third-order valence-corrected chi connectivity index (χ3v) is 3.21. The summed E-state index contributed by atoms with van der Waals surface area (Å²) in [7, 11) is 0. The maximum absolute atomic E-state index is 12.2. The molecule has 126 valence electrons. The number of carbonyl (C=O) groups excluding carboxylic acids is 3. The molecular weight excluding hydrogens is 286 g/mol. The van der Waals surface area contributed by atoms with Crippen LogP contribution in [-0.4, -0.2) is 41.1 Å². The Morgan fingerprint density at radius 3 is 2.09 bits per heavy atom. The van der Waals surface area contributed by atoms with E-state index >= 15 is 0 Å². The lowest BCUT2D eigenvalue weighted by Gasteiger charge is -2.35. The van der Waals surface area contributed by atoms with Crippen LogP contribution in [0.15, 0.2) is 0 Å². The van der Waals surface area contributed by atoms with Gasteiger partial charge in [0, 0.05) is 6.54 Å². The Morgan fingerprint density at radius 1 is 1.00 bits per heavy atom. The quantitative estimate of drug-likeness (QED) is 0.550. The van der Waals surface area contributed by atoms with Crippen molar-refractivity contribution in [3.63, 3.8) is 0 Å². The van der Waals surface area contributed by atoms with Crippen molar-refractivity contribution in [2.45, 2.75) is 72.4 Å². The standard InChI is InChI=1S/C16H27NO5/c1-15(2,3)13(19)21-12(18)11-9-7-8-10-17(11)14(20)22-16(4,5)6/h11H,7-10H2,1-6H3/t11-/m0/s1. The minimum Gasteiger partial charge on any atom is -0.444 e. The van der Waals surface area contributed by atoms with Crippen LogP contribution in [0.2, 0.25) is 0 Å². The summed E-state index contributed by atoms with van der Waals surface area (Å²) in [6.45, 7) is 10.8. The predicted octanol–water partition coefficient (Wildman–Crippen LogP) is 2.89. The van der Waals surface area contributed by atoms with E-state index in [9.17, 15) is 14.4 Å². The molecule has 0 aliphatic carbocycles. The number of esters is 2. The summed E-state index contributed by atoms with van der Waals surface area (Å²) in [5, 5.41) is 0. The highest BCUT2D eigenvalue weighted by Gasteiger charge is 2.38. The molecule has 0 unspecified atom stereocenters. The second kappa shape index (κ2) is 6.67. The summed E-state index contributed by atoms with van der Waals surface area (Å²) in [6.07, 6.45) is 1.55. The molecule has 0 aromatic carbocycles. The summed E-state index contributed by atoms with van der Waals surface area (Å²) in [5.74, 6) is -1.27. The summed E-state index contributed by atoms with van der Waals surface area (Å²) >= 11 is 0. The molecule has 22 heavy (non-hydrogen) atoms. The zero-order valence-electron chi connectivity index (χ0n) is 14.4. The second-order valence-corrected chi connectivity index (χ2v) is 7.64. The molecule has 1 saturated heterocycles. The number of nitrogens with zero attached hydrogens (tertiary/aromatic N) is 1. The van der Waals surface area contributed by atoms with E-state index in [0.29, 0.717) is 13.0 Å². The van der Waals surface area contributed by atoms with Gasteiger partial charge in [0.15, 0.2) is 0 Å². The molecule has 6 nitrogen and oxygen atoms in total. The van der Waals surface area contributed by atoms with E-state index < -0.39 is 35.1 Å². The molecular formula is C16H27NO5. The first-order valence-corrected chi connectivity index (χ1v) is 7.67. The molecule has 0 aromatic heterocycles. The number of ether oxygens (including phenoxy) is 2. The lowest BCUT2D eigenvalue weighted by Crippen LogP contribution is -2.51. The van der Waals surface area contributed by atoms with Crippen LogP contribution < -0.4 is 0 Å². The normalized spacial score (nSPS) is 19.5. The molecule has 0 aromatic rings. The number of likely N-dealkylation sites (tertiary alicyclic amines) is 1. The average Bonchev–Trinajstić information content (AvgIpc) is 2.35. The van der Waals surface area contributed by atoms with Gasteiger partial charge in [-0.25, -0.2) is 9.59 Å². The van der Waals surface area contributed by atoms with Gasteiger partial charge in [-0.3, -0.25) is 9.69 Å². The van der Waals surface area contributed by atoms with Crippen LogP contribution in [0.3, 0.4) is 0 Å². The zero-order chi connectivity index (χ0) is 17.1. The molecule has 1 atom stereocenters. The number of rotatable bonds is 1. The van der Waals surface area contributed by atoms with Crippen molar-refractivity contribution >= 4 is 18.0 Å². The molecule has 0 N–H and O–H groups in total. The monoisotopic (exact) mass is 313 g/mol. The smallest absolute Gasteiger partial charge is 0.411 e. The molecule has 0 spiro atoms. The highest BCUT2D eigenvalue weighted by Crippen LogP contribution is 2.23. The van der Waals surface area contributed by atoms with Gasteiger partial charge in [0.25, 0.3) is 0 Å². The van der Waals surface area contributed by atoms with E-state index in [1.807, 2.05) is 0 Å². The highest BCUT2D eigenvalue weighted by molar-refractivity contribution is 5.92. The molecule has 1 rings (SSSR count). The number of hydrogen-bond donors (Lipinski definition) is 0. The fraction of sp³-hybridized carbons (Fsp3) is 0.812. The Kier molecular flexibility index (Phi) is 5.59. The van der Waals surface area contributed by atoms with Crippen LogP contribution in [0.25, 0.3) is 0 Å². The van der Waals surface area contributed by atoms with Crippen molar-refractivity contribution in [2.75, 3.05) is 6.54 Å². The summed E-state index contributed by atoms with van der Waals surface area (Å²) in [6, 6.07) is -0.755. The van der Waals surface area contributed by atoms with Crippen molar-refractivity contribution in [2.24, 2.45) is 5.41 Å². The van der Waals surface area contributed by atoms with E-state index in [1.54, 1.807) is 41.5 Å². The predicted molar refractivity (Wildman–Crippen MR) is 81.1 cm³/mol. The topological polar surface area (TPSA) is 72.9 Å². The van der Waals surface area contributed by atoms with Gasteiger partial charge in [-0.2, -0.15) is 0 Å². The van der Waals surface area contributed by atoms with Gasteiger partial charge >= 0.3 is 18.0 Å². The van der Waals surface area contributed by atoms with Gasteiger partial charge in [0.2, 0.25) is 0 Å². The first-order valence-electron chi connectivity index (χ1n) is 7.67. The Bertz CT molecular complexity index is 444. The maximum Gasteiger partial charge on any atom is 0.411 e. The first-order chi connectivity index (χ1) is 9.92. The van der Waals surface area contributed by atoms with Crippen LogP contribution in [-0.2, 0) is 19.1 Å². The van der Waals surface area contributed by atoms with Crippen molar-refractivity contribution in [3.05, 3.63) is 0 Å². The van der Waals surface area contributed by atoms with E-state index in [0.717, 1.165) is 12.8 Å². The van der Waals surface area contributed by atoms with Crippen LogP contribution in [0.1, 0.15) is 60.8 Å². The van der Waals surface area contributed by atoms with Crippen molar-refractivity contribution in [1.82, 2.24) is 4.90 Å². The van der Waals surface area contributed by atoms with Gasteiger partial charge in [-0.1, -0.05) is 0 Å². The molecule has 1 heterocycles. The second-order valence-electron chi connectivity index (χ2n) is 7.64. The molecule has 0 saturated carbocycles. The van der Waals surface area contributed by atoms with Crippen molar-refractivity contribution in [3.8, 4) is 0 Å². The lowest BCUT2D eigenvalue weighted by molar-refractivity contribution is -0.169. The molecule has 0 bridgehead atoms. The van der Waals surface area contributed by atoms with E-state index in [-0.39, 0.29) is 0 Å². The minimum atomic E-state index is -0.763. The van der Waals surface area contributed by atoms with Gasteiger partial charge in [-0.05, 0) is 60.8 Å². The largest absolute Gasteiger partial charge is 0.444 e. The summed E-state index contributed by atoms with van der Waals surface area (Å²) < 4.78 is 10.3. The van der Waals surface area contributed by atoms with Gasteiger partial charge in [0.1, 0.15) is 11.6 Å². The van der Waals surface area contributed by atoms with Crippen molar-refractivity contribution in [1.29, 1.82) is 0 Å². The van der Waals surface area contributed by atoms with E-state index in [1.165, 1.54) is 4.90 Å². The van der Waals surface area contributed by atoms with E-state index in [2.05, 4.69) is 0 Å². The third kappa shape index (κ3) is 5.31. The Hall–Kier alpha value is -1.59. The Morgan fingerprint density at radius 2 is 1.59 bits per heavy atom. The zero-order valence-corrected chi connectivity index (χ0v) is 14.4. The number of hydrogen-bond acceptors (Lipinski definition) is 5. The van der Waals surface area contributed by atoms with Gasteiger partial charge in [0.05, 0.1) is 5.41 Å². The number of carbonyl (C=O) groups is 3. The number of piperidine rings is 1. The summed E-state index contributed by atoms with van der Waals surface area (Å²) in [4.78, 5) is 37.7. The molecule has 1 amide bonds. The summed E-state index contributed by atoms with van der Waals surface area (Å²) in [5.41, 5.74) is -1.40. The Balaban J connectivity index is 2.79. The Labute approximate surface area is 132 Å². The molecule has 1 aliphatic rings. The van der Waals surface area contributed by atoms with Gasteiger partial charge in [-0.15, -0.1) is 0 Å². The average molecular weight is 313 g/mol. The first kappa shape index (κ1) is 18.5. The number of amides is 1. The fourth-order valence-electron chi connectivity index (χ4n) is 2.03.